The van der Waals surface area contributed by atoms with Crippen molar-refractivity contribution in [2.75, 3.05) is 19.8 Å². The van der Waals surface area contributed by atoms with Gasteiger partial charge in [0, 0.05) is 16.1 Å². The lowest BCUT2D eigenvalue weighted by Crippen LogP contribution is -2.29. The molecule has 3 aromatic rings. The number of nitrogens with zero attached hydrogens (tertiary/aromatic N) is 3. The van der Waals surface area contributed by atoms with Gasteiger partial charge in [-0.2, -0.15) is 0 Å². The fourth-order valence-electron chi connectivity index (χ4n) is 3.36. The molecule has 1 aromatic carbocycles. The molecule has 0 atom stereocenters. The normalized spacial score (nSPS) is 14.3. The van der Waals surface area contributed by atoms with Crippen LogP contribution in [0.5, 0.6) is 0 Å². The number of carboxylic acid groups (broad SMARTS) is 1. The molecule has 7 heteroatoms. The topological polar surface area (TPSA) is 92.3 Å². The van der Waals surface area contributed by atoms with Crippen LogP contribution in [0.4, 0.5) is 5.82 Å². The van der Waals surface area contributed by atoms with E-state index < -0.39 is 5.97 Å². The van der Waals surface area contributed by atoms with Gasteiger partial charge in [-0.1, -0.05) is 33.1 Å². The predicted octanol–water partition coefficient (Wildman–Crippen LogP) is 5.03. The molecule has 1 saturated carbocycles. The van der Waals surface area contributed by atoms with Crippen LogP contribution in [-0.4, -0.2) is 46.1 Å². The standard InChI is InChI=1S/C11H7N3O2S.C8H17N.C2H6/c12-9-8-6-3-5(11(15)16)1-2-7(6)17-10(8)14-4-13-9;1-9(2)8-6-4-3-5-7-8;1-2/h1-4H,(H,15,16)(H2,12,13,14);8H,3-7H2,1-2H3;1-2H3. The van der Waals surface area contributed by atoms with Crippen molar-refractivity contribution in [3.8, 4) is 0 Å². The Morgan fingerprint density at radius 2 is 1.86 bits per heavy atom. The Balaban J connectivity index is 0.000000216. The molecule has 2 heterocycles. The number of aromatic carboxylic acids is 1. The van der Waals surface area contributed by atoms with Gasteiger partial charge < -0.3 is 15.7 Å². The number of anilines is 1. The largest absolute Gasteiger partial charge is 0.478 e. The van der Waals surface area contributed by atoms with Crippen LogP contribution in [0, 0.1) is 0 Å². The second-order valence-electron chi connectivity index (χ2n) is 6.81. The Kier molecular flexibility index (Phi) is 8.14. The molecule has 0 amide bonds. The molecule has 0 unspecified atom stereocenters. The highest BCUT2D eigenvalue weighted by Crippen LogP contribution is 2.35. The van der Waals surface area contributed by atoms with Crippen molar-refractivity contribution in [2.24, 2.45) is 0 Å². The van der Waals surface area contributed by atoms with Gasteiger partial charge in [0.25, 0.3) is 0 Å². The number of hydrogen-bond acceptors (Lipinski definition) is 6. The van der Waals surface area contributed by atoms with Gasteiger partial charge >= 0.3 is 5.97 Å². The summed E-state index contributed by atoms with van der Waals surface area (Å²) >= 11 is 1.47. The highest BCUT2D eigenvalue weighted by Gasteiger charge is 2.14. The molecule has 28 heavy (non-hydrogen) atoms. The summed E-state index contributed by atoms with van der Waals surface area (Å²) in [5.74, 6) is -0.578. The van der Waals surface area contributed by atoms with Gasteiger partial charge in [0.2, 0.25) is 0 Å². The molecule has 0 bridgehead atoms. The van der Waals surface area contributed by atoms with Crippen LogP contribution in [0.2, 0.25) is 0 Å². The number of nitrogen functional groups attached to an aromatic ring is 1. The summed E-state index contributed by atoms with van der Waals surface area (Å²) in [5.41, 5.74) is 6.04. The molecule has 3 N–H and O–H groups in total. The number of rotatable bonds is 2. The van der Waals surface area contributed by atoms with Crippen LogP contribution >= 0.6 is 11.3 Å². The first kappa shape index (κ1) is 22.0. The highest BCUT2D eigenvalue weighted by atomic mass is 32.1. The lowest BCUT2D eigenvalue weighted by atomic mass is 9.95. The van der Waals surface area contributed by atoms with Gasteiger partial charge in [-0.3, -0.25) is 0 Å². The lowest BCUT2D eigenvalue weighted by Gasteiger charge is -2.27. The zero-order valence-electron chi connectivity index (χ0n) is 17.1. The SMILES string of the molecule is CC.CN(C)C1CCCCC1.Nc1ncnc2sc3ccc(C(=O)O)cc3c12. The zero-order chi connectivity index (χ0) is 20.7. The van der Waals surface area contributed by atoms with Crippen molar-refractivity contribution < 1.29 is 9.90 Å². The Bertz CT molecular complexity index is 917. The highest BCUT2D eigenvalue weighted by molar-refractivity contribution is 7.25. The molecule has 1 aliphatic carbocycles. The summed E-state index contributed by atoms with van der Waals surface area (Å²) in [4.78, 5) is 22.1. The number of carboxylic acids is 1. The van der Waals surface area contributed by atoms with Gasteiger partial charge in [0.1, 0.15) is 17.0 Å². The molecule has 4 rings (SSSR count). The summed E-state index contributed by atoms with van der Waals surface area (Å²) in [6.45, 7) is 4.00. The summed E-state index contributed by atoms with van der Waals surface area (Å²) < 4.78 is 0.956. The summed E-state index contributed by atoms with van der Waals surface area (Å²) in [6, 6.07) is 5.84. The van der Waals surface area contributed by atoms with E-state index in [4.69, 9.17) is 10.8 Å². The van der Waals surface area contributed by atoms with Gasteiger partial charge in [-0.05, 0) is 45.1 Å². The van der Waals surface area contributed by atoms with E-state index >= 15 is 0 Å². The van der Waals surface area contributed by atoms with Crippen LogP contribution in [0.15, 0.2) is 24.5 Å². The van der Waals surface area contributed by atoms with E-state index in [1.807, 2.05) is 13.8 Å². The van der Waals surface area contributed by atoms with Gasteiger partial charge in [-0.15, -0.1) is 11.3 Å². The molecule has 1 aliphatic rings. The summed E-state index contributed by atoms with van der Waals surface area (Å²) in [6.07, 6.45) is 8.61. The summed E-state index contributed by atoms with van der Waals surface area (Å²) in [7, 11) is 4.38. The Labute approximate surface area is 170 Å². The average Bonchev–Trinajstić information content (AvgIpc) is 3.09. The molecule has 0 saturated heterocycles. The predicted molar refractivity (Wildman–Crippen MR) is 118 cm³/mol. The van der Waals surface area contributed by atoms with E-state index in [-0.39, 0.29) is 5.56 Å². The van der Waals surface area contributed by atoms with E-state index in [2.05, 4.69) is 29.0 Å². The third-order valence-electron chi connectivity index (χ3n) is 4.85. The number of thiophene rings is 1. The molecular formula is C21H30N4O2S. The van der Waals surface area contributed by atoms with E-state index in [1.165, 1.54) is 49.8 Å². The van der Waals surface area contributed by atoms with Crippen molar-refractivity contribution >= 4 is 43.4 Å². The minimum atomic E-state index is -0.957. The smallest absolute Gasteiger partial charge is 0.335 e. The van der Waals surface area contributed by atoms with Crippen molar-refractivity contribution in [2.45, 2.75) is 52.0 Å². The number of aromatic nitrogens is 2. The molecule has 2 aromatic heterocycles. The minimum Gasteiger partial charge on any atom is -0.478 e. The van der Waals surface area contributed by atoms with Gasteiger partial charge in [0.05, 0.1) is 10.9 Å². The minimum absolute atomic E-state index is 0.237. The average molecular weight is 403 g/mol. The monoisotopic (exact) mass is 402 g/mol. The van der Waals surface area contributed by atoms with Gasteiger partial charge in [-0.25, -0.2) is 14.8 Å². The Hall–Kier alpha value is -2.25. The molecule has 0 radical (unpaired) electrons. The van der Waals surface area contributed by atoms with Crippen LogP contribution in [0.1, 0.15) is 56.3 Å². The maximum atomic E-state index is 10.9. The molecule has 0 aliphatic heterocycles. The second kappa shape index (κ2) is 10.3. The quantitative estimate of drug-likeness (QED) is 0.624. The maximum absolute atomic E-state index is 10.9. The lowest BCUT2D eigenvalue weighted by molar-refractivity contribution is 0.0697. The van der Waals surface area contributed by atoms with Gasteiger partial charge in [0.15, 0.2) is 0 Å². The Morgan fingerprint density at radius 1 is 1.18 bits per heavy atom. The third-order valence-corrected chi connectivity index (χ3v) is 5.93. The molecule has 1 fully saturated rings. The number of carbonyl (C=O) groups is 1. The molecule has 152 valence electrons. The van der Waals surface area contributed by atoms with Crippen molar-refractivity contribution in [3.05, 3.63) is 30.1 Å². The number of nitrogens with two attached hydrogens (primary N) is 1. The fourth-order valence-corrected chi connectivity index (χ4v) is 4.39. The van der Waals surface area contributed by atoms with Crippen LogP contribution < -0.4 is 5.73 Å². The first-order valence-electron chi connectivity index (χ1n) is 9.80. The summed E-state index contributed by atoms with van der Waals surface area (Å²) in [5, 5.41) is 10.5. The number of benzene rings is 1. The third kappa shape index (κ3) is 5.17. The fraction of sp³-hybridized carbons (Fsp3) is 0.476. The number of fused-ring (bicyclic) bond motifs is 3. The first-order valence-corrected chi connectivity index (χ1v) is 10.6. The first-order chi connectivity index (χ1) is 13.5. The molecule has 6 nitrogen and oxygen atoms in total. The molecular weight excluding hydrogens is 372 g/mol. The number of hydrogen-bond donors (Lipinski definition) is 2. The van der Waals surface area contributed by atoms with E-state index in [0.29, 0.717) is 5.82 Å². The second-order valence-corrected chi connectivity index (χ2v) is 7.84. The van der Waals surface area contributed by atoms with E-state index in [9.17, 15) is 4.79 Å². The van der Waals surface area contributed by atoms with Crippen molar-refractivity contribution in [1.82, 2.24) is 14.9 Å². The zero-order valence-corrected chi connectivity index (χ0v) is 17.9. The van der Waals surface area contributed by atoms with Crippen molar-refractivity contribution in [3.63, 3.8) is 0 Å². The molecule has 0 spiro atoms. The maximum Gasteiger partial charge on any atom is 0.335 e. The van der Waals surface area contributed by atoms with E-state index in [1.54, 1.807) is 18.2 Å². The Morgan fingerprint density at radius 3 is 2.43 bits per heavy atom. The van der Waals surface area contributed by atoms with E-state index in [0.717, 1.165) is 26.3 Å². The van der Waals surface area contributed by atoms with Crippen LogP contribution in [-0.2, 0) is 0 Å². The van der Waals surface area contributed by atoms with Crippen LogP contribution in [0.25, 0.3) is 20.3 Å². The van der Waals surface area contributed by atoms with Crippen LogP contribution in [0.3, 0.4) is 0 Å². The van der Waals surface area contributed by atoms with Crippen molar-refractivity contribution in [1.29, 1.82) is 0 Å².